The van der Waals surface area contributed by atoms with Gasteiger partial charge in [0.05, 0.1) is 5.92 Å². The largest absolute Gasteiger partial charge is 0.355 e. The zero-order valence-corrected chi connectivity index (χ0v) is 13.6. The van der Waals surface area contributed by atoms with Gasteiger partial charge >= 0.3 is 0 Å². The summed E-state index contributed by atoms with van der Waals surface area (Å²) < 4.78 is 0. The van der Waals surface area contributed by atoms with E-state index in [1.807, 2.05) is 38.1 Å². The molecule has 114 valence electrons. The number of rotatable bonds is 7. The molecule has 0 unspecified atom stereocenters. The number of allylic oxidation sites excluding steroid dienone is 3. The highest BCUT2D eigenvalue weighted by atomic mass is 16.1. The molecule has 0 heterocycles. The molecule has 2 nitrogen and oxygen atoms in total. The van der Waals surface area contributed by atoms with Gasteiger partial charge in [0.15, 0.2) is 0 Å². The van der Waals surface area contributed by atoms with E-state index in [0.717, 1.165) is 18.4 Å². The van der Waals surface area contributed by atoms with Crippen molar-refractivity contribution in [3.05, 3.63) is 59.2 Å². The van der Waals surface area contributed by atoms with Crippen molar-refractivity contribution in [1.29, 1.82) is 0 Å². The quantitative estimate of drug-likeness (QED) is 0.744. The fourth-order valence-electron chi connectivity index (χ4n) is 2.14. The summed E-state index contributed by atoms with van der Waals surface area (Å²) in [6, 6.07) is 10.2. The number of carbonyl (C=O) groups is 1. The standard InChI is InChI=1S/C19H27NO/c1-5-15(2)13-16(3)14-17(4)19(21)20-12-11-18-9-7-6-8-10-18/h6-10,13-14,17H,5,11-12H2,1-4H3,(H,20,21)/b15-13-,16-14-/t17-/m0/s1. The summed E-state index contributed by atoms with van der Waals surface area (Å²) in [7, 11) is 0. The van der Waals surface area contributed by atoms with Crippen LogP contribution in [0.1, 0.15) is 39.7 Å². The summed E-state index contributed by atoms with van der Waals surface area (Å²) in [6.07, 6.45) is 6.09. The normalized spacial score (nSPS) is 13.9. The molecule has 0 aliphatic rings. The van der Waals surface area contributed by atoms with Crippen LogP contribution in [-0.2, 0) is 11.2 Å². The van der Waals surface area contributed by atoms with Crippen LogP contribution in [-0.4, -0.2) is 12.5 Å². The molecule has 0 aliphatic carbocycles. The molecule has 1 N–H and O–H groups in total. The lowest BCUT2D eigenvalue weighted by Gasteiger charge is -2.09. The van der Waals surface area contributed by atoms with Crippen LogP contribution in [0, 0.1) is 5.92 Å². The molecule has 0 saturated carbocycles. The molecule has 21 heavy (non-hydrogen) atoms. The molecular weight excluding hydrogens is 258 g/mol. The van der Waals surface area contributed by atoms with Gasteiger partial charge in [0.1, 0.15) is 0 Å². The van der Waals surface area contributed by atoms with Crippen molar-refractivity contribution >= 4 is 5.91 Å². The van der Waals surface area contributed by atoms with Crippen LogP contribution in [0.25, 0.3) is 0 Å². The van der Waals surface area contributed by atoms with E-state index in [1.165, 1.54) is 11.1 Å². The van der Waals surface area contributed by atoms with Crippen LogP contribution in [0.15, 0.2) is 53.6 Å². The Morgan fingerprint density at radius 2 is 1.90 bits per heavy atom. The lowest BCUT2D eigenvalue weighted by molar-refractivity contribution is -0.123. The molecule has 0 spiro atoms. The van der Waals surface area contributed by atoms with Crippen LogP contribution in [0.2, 0.25) is 0 Å². The molecule has 1 amide bonds. The topological polar surface area (TPSA) is 29.1 Å². The number of nitrogens with one attached hydrogen (secondary N) is 1. The molecule has 2 heteroatoms. The van der Waals surface area contributed by atoms with Gasteiger partial charge in [0.2, 0.25) is 5.91 Å². The van der Waals surface area contributed by atoms with Gasteiger partial charge < -0.3 is 5.32 Å². The minimum absolute atomic E-state index is 0.0906. The molecule has 1 atom stereocenters. The second kappa shape index (κ2) is 9.17. The maximum Gasteiger partial charge on any atom is 0.226 e. The third-order valence-corrected chi connectivity index (χ3v) is 3.51. The van der Waals surface area contributed by atoms with Gasteiger partial charge in [-0.25, -0.2) is 0 Å². The summed E-state index contributed by atoms with van der Waals surface area (Å²) in [5.74, 6) is -0.00508. The lowest BCUT2D eigenvalue weighted by Crippen LogP contribution is -2.30. The highest BCUT2D eigenvalue weighted by molar-refractivity contribution is 5.80. The smallest absolute Gasteiger partial charge is 0.226 e. The minimum atomic E-state index is -0.0957. The van der Waals surface area contributed by atoms with E-state index >= 15 is 0 Å². The number of amides is 1. The van der Waals surface area contributed by atoms with Crippen molar-refractivity contribution in [2.75, 3.05) is 6.54 Å². The van der Waals surface area contributed by atoms with Crippen LogP contribution in [0.4, 0.5) is 0 Å². The first-order chi connectivity index (χ1) is 10.0. The van der Waals surface area contributed by atoms with E-state index in [4.69, 9.17) is 0 Å². The van der Waals surface area contributed by atoms with Gasteiger partial charge in [-0.3, -0.25) is 4.79 Å². The third kappa shape index (κ3) is 6.94. The van der Waals surface area contributed by atoms with E-state index in [1.54, 1.807) is 0 Å². The molecule has 0 bridgehead atoms. The van der Waals surface area contributed by atoms with E-state index in [0.29, 0.717) is 6.54 Å². The van der Waals surface area contributed by atoms with Gasteiger partial charge in [-0.2, -0.15) is 0 Å². The fraction of sp³-hybridized carbons (Fsp3) is 0.421. The van der Waals surface area contributed by atoms with Crippen molar-refractivity contribution in [3.63, 3.8) is 0 Å². The third-order valence-electron chi connectivity index (χ3n) is 3.51. The summed E-state index contributed by atoms with van der Waals surface area (Å²) >= 11 is 0. The molecule has 0 saturated heterocycles. The molecule has 0 aliphatic heterocycles. The van der Waals surface area contributed by atoms with Gasteiger partial charge in [0, 0.05) is 6.54 Å². The average molecular weight is 285 g/mol. The lowest BCUT2D eigenvalue weighted by atomic mass is 10.0. The molecule has 1 rings (SSSR count). The van der Waals surface area contributed by atoms with E-state index in [2.05, 4.69) is 37.4 Å². The number of benzene rings is 1. The predicted molar refractivity (Wildman–Crippen MR) is 90.1 cm³/mol. The van der Waals surface area contributed by atoms with Gasteiger partial charge in [0.25, 0.3) is 0 Å². The maximum absolute atomic E-state index is 12.0. The molecule has 1 aromatic carbocycles. The molecule has 0 aromatic heterocycles. The van der Waals surface area contributed by atoms with Gasteiger partial charge in [-0.15, -0.1) is 0 Å². The van der Waals surface area contributed by atoms with Crippen LogP contribution in [0.5, 0.6) is 0 Å². The van der Waals surface area contributed by atoms with E-state index < -0.39 is 0 Å². The van der Waals surface area contributed by atoms with E-state index in [-0.39, 0.29) is 11.8 Å². The van der Waals surface area contributed by atoms with Crippen LogP contribution < -0.4 is 5.32 Å². The number of hydrogen-bond acceptors (Lipinski definition) is 1. The molecule has 0 radical (unpaired) electrons. The Balaban J connectivity index is 2.42. The van der Waals surface area contributed by atoms with Crippen molar-refractivity contribution < 1.29 is 4.79 Å². The van der Waals surface area contributed by atoms with Gasteiger partial charge in [-0.05, 0) is 32.3 Å². The highest BCUT2D eigenvalue weighted by Crippen LogP contribution is 2.09. The summed E-state index contributed by atoms with van der Waals surface area (Å²) in [4.78, 5) is 12.0. The Kier molecular flexibility index (Phi) is 7.52. The molecule has 1 aromatic rings. The maximum atomic E-state index is 12.0. The van der Waals surface area contributed by atoms with Crippen LogP contribution in [0.3, 0.4) is 0 Å². The first kappa shape index (κ1) is 17.2. The first-order valence-electron chi connectivity index (χ1n) is 7.70. The molecular formula is C19H27NO. The number of hydrogen-bond donors (Lipinski definition) is 1. The Bertz CT molecular complexity index is 500. The Labute approximate surface area is 129 Å². The zero-order valence-electron chi connectivity index (χ0n) is 13.6. The van der Waals surface area contributed by atoms with E-state index in [9.17, 15) is 4.79 Å². The molecule has 0 fully saturated rings. The van der Waals surface area contributed by atoms with Crippen molar-refractivity contribution in [2.24, 2.45) is 5.92 Å². The SMILES string of the molecule is CC/C(C)=C\C(C)=C/[C@H](C)C(=O)NCCc1ccccc1. The van der Waals surface area contributed by atoms with Crippen molar-refractivity contribution in [2.45, 2.75) is 40.5 Å². The monoisotopic (exact) mass is 285 g/mol. The van der Waals surface area contributed by atoms with Crippen molar-refractivity contribution in [1.82, 2.24) is 5.32 Å². The second-order valence-electron chi connectivity index (χ2n) is 5.57. The minimum Gasteiger partial charge on any atom is -0.355 e. The summed E-state index contributed by atoms with van der Waals surface area (Å²) in [5.41, 5.74) is 3.74. The van der Waals surface area contributed by atoms with Crippen molar-refractivity contribution in [3.8, 4) is 0 Å². The Hall–Kier alpha value is -1.83. The second-order valence-corrected chi connectivity index (χ2v) is 5.57. The average Bonchev–Trinajstić information content (AvgIpc) is 2.47. The zero-order chi connectivity index (χ0) is 15.7. The predicted octanol–water partition coefficient (Wildman–Crippen LogP) is 4.28. The fourth-order valence-corrected chi connectivity index (χ4v) is 2.14. The Morgan fingerprint density at radius 1 is 1.24 bits per heavy atom. The van der Waals surface area contributed by atoms with Gasteiger partial charge in [-0.1, -0.05) is 67.5 Å². The first-order valence-corrected chi connectivity index (χ1v) is 7.70. The number of carbonyl (C=O) groups excluding carboxylic acids is 1. The Morgan fingerprint density at radius 3 is 2.52 bits per heavy atom. The highest BCUT2D eigenvalue weighted by Gasteiger charge is 2.09. The summed E-state index contributed by atoms with van der Waals surface area (Å²) in [6.45, 7) is 8.92. The summed E-state index contributed by atoms with van der Waals surface area (Å²) in [5, 5.41) is 3.00. The van der Waals surface area contributed by atoms with Crippen LogP contribution >= 0.6 is 0 Å².